The van der Waals surface area contributed by atoms with Crippen LogP contribution in [0.15, 0.2) is 12.3 Å². The number of rotatable bonds is 3. The summed E-state index contributed by atoms with van der Waals surface area (Å²) in [5.74, 6) is -0.266. The number of amides is 1. The molecule has 0 saturated heterocycles. The van der Waals surface area contributed by atoms with Gasteiger partial charge in [0.25, 0.3) is 5.91 Å². The zero-order valence-electron chi connectivity index (χ0n) is 7.37. The Morgan fingerprint density at radius 1 is 1.85 bits per heavy atom. The average molecular weight is 183 g/mol. The van der Waals surface area contributed by atoms with Gasteiger partial charge < -0.3 is 21.1 Å². The second kappa shape index (κ2) is 3.95. The van der Waals surface area contributed by atoms with Crippen molar-refractivity contribution in [1.82, 2.24) is 10.3 Å². The molecular weight excluding hydrogens is 170 g/mol. The number of anilines is 1. The van der Waals surface area contributed by atoms with Crippen LogP contribution in [0, 0.1) is 0 Å². The van der Waals surface area contributed by atoms with Crippen molar-refractivity contribution in [1.29, 1.82) is 0 Å². The zero-order chi connectivity index (χ0) is 9.84. The fourth-order valence-corrected chi connectivity index (χ4v) is 0.889. The second-order valence-corrected chi connectivity index (χ2v) is 2.90. The van der Waals surface area contributed by atoms with Gasteiger partial charge in [-0.15, -0.1) is 0 Å². The lowest BCUT2D eigenvalue weighted by Crippen LogP contribution is -2.35. The molecule has 0 spiro atoms. The molecule has 0 fully saturated rings. The second-order valence-electron chi connectivity index (χ2n) is 2.90. The summed E-state index contributed by atoms with van der Waals surface area (Å²) in [5.41, 5.74) is 6.34. The number of carbonyl (C=O) groups excluding carboxylic acids is 1. The zero-order valence-corrected chi connectivity index (χ0v) is 7.37. The molecule has 0 aromatic carbocycles. The smallest absolute Gasteiger partial charge is 0.268 e. The Hall–Kier alpha value is -1.49. The van der Waals surface area contributed by atoms with Gasteiger partial charge in [0.1, 0.15) is 5.69 Å². The summed E-state index contributed by atoms with van der Waals surface area (Å²) < 4.78 is 0. The van der Waals surface area contributed by atoms with E-state index in [1.54, 1.807) is 19.2 Å². The Morgan fingerprint density at radius 2 is 2.54 bits per heavy atom. The number of aromatic amines is 1. The van der Waals surface area contributed by atoms with Crippen molar-refractivity contribution in [2.45, 2.75) is 13.0 Å². The predicted octanol–water partition coefficient (Wildman–Crippen LogP) is -0.293. The number of nitrogens with two attached hydrogens (primary N) is 1. The van der Waals surface area contributed by atoms with Crippen molar-refractivity contribution in [3.63, 3.8) is 0 Å². The van der Waals surface area contributed by atoms with Crippen LogP contribution in [0.1, 0.15) is 17.4 Å². The van der Waals surface area contributed by atoms with Crippen LogP contribution in [0.4, 0.5) is 5.69 Å². The lowest BCUT2D eigenvalue weighted by molar-refractivity contribution is 0.0918. The van der Waals surface area contributed by atoms with Crippen LogP contribution in [-0.4, -0.2) is 28.6 Å². The van der Waals surface area contributed by atoms with Crippen LogP contribution in [-0.2, 0) is 0 Å². The van der Waals surface area contributed by atoms with Crippen molar-refractivity contribution < 1.29 is 9.90 Å². The first-order chi connectivity index (χ1) is 6.13. The molecule has 0 aliphatic rings. The molecule has 0 aliphatic carbocycles. The van der Waals surface area contributed by atoms with E-state index in [1.807, 2.05) is 0 Å². The highest BCUT2D eigenvalue weighted by molar-refractivity contribution is 5.93. The van der Waals surface area contributed by atoms with E-state index in [0.717, 1.165) is 0 Å². The number of hydrogen-bond acceptors (Lipinski definition) is 3. The Balaban J connectivity index is 2.58. The molecule has 1 aromatic rings. The first-order valence-electron chi connectivity index (χ1n) is 3.99. The van der Waals surface area contributed by atoms with Crippen LogP contribution in [0.3, 0.4) is 0 Å². The summed E-state index contributed by atoms with van der Waals surface area (Å²) in [6.45, 7) is 1.63. The van der Waals surface area contributed by atoms with Crippen LogP contribution in [0.5, 0.6) is 0 Å². The van der Waals surface area contributed by atoms with E-state index >= 15 is 0 Å². The van der Waals surface area contributed by atoms with Crippen LogP contribution in [0.2, 0.25) is 0 Å². The van der Waals surface area contributed by atoms with Gasteiger partial charge in [0, 0.05) is 17.9 Å². The minimum Gasteiger partial charge on any atom is -0.397 e. The van der Waals surface area contributed by atoms with Gasteiger partial charge in [-0.25, -0.2) is 0 Å². The Morgan fingerprint density at radius 3 is 3.00 bits per heavy atom. The predicted molar refractivity (Wildman–Crippen MR) is 49.2 cm³/mol. The lowest BCUT2D eigenvalue weighted by Gasteiger charge is -2.08. The summed E-state index contributed by atoms with van der Waals surface area (Å²) >= 11 is 0. The van der Waals surface area contributed by atoms with Gasteiger partial charge >= 0.3 is 0 Å². The number of hydrogen-bond donors (Lipinski definition) is 4. The maximum atomic E-state index is 11.3. The van der Waals surface area contributed by atoms with Crippen molar-refractivity contribution >= 4 is 11.6 Å². The summed E-state index contributed by atoms with van der Waals surface area (Å²) in [5, 5.41) is 11.3. The van der Waals surface area contributed by atoms with E-state index < -0.39 is 0 Å². The van der Waals surface area contributed by atoms with Gasteiger partial charge in [0.15, 0.2) is 0 Å². The fourth-order valence-electron chi connectivity index (χ4n) is 0.889. The molecular formula is C8H13N3O2. The van der Waals surface area contributed by atoms with Gasteiger partial charge in [-0.3, -0.25) is 4.79 Å². The Labute approximate surface area is 75.9 Å². The molecule has 5 nitrogen and oxygen atoms in total. The highest BCUT2D eigenvalue weighted by Gasteiger charge is 2.09. The van der Waals surface area contributed by atoms with E-state index in [1.165, 1.54) is 0 Å². The number of aliphatic hydroxyl groups is 1. The first kappa shape index (κ1) is 9.60. The molecule has 0 bridgehead atoms. The van der Waals surface area contributed by atoms with Crippen LogP contribution in [0.25, 0.3) is 0 Å². The van der Waals surface area contributed by atoms with Gasteiger partial charge in [0.2, 0.25) is 0 Å². The van der Waals surface area contributed by atoms with Gasteiger partial charge in [-0.1, -0.05) is 0 Å². The summed E-state index contributed by atoms with van der Waals surface area (Å²) in [7, 11) is 0. The summed E-state index contributed by atoms with van der Waals surface area (Å²) in [4.78, 5) is 14.0. The number of aromatic nitrogens is 1. The van der Waals surface area contributed by atoms with Crippen molar-refractivity contribution in [2.75, 3.05) is 12.3 Å². The fraction of sp³-hybridized carbons (Fsp3) is 0.375. The number of aliphatic hydroxyl groups excluding tert-OH is 1. The molecule has 0 unspecified atom stereocenters. The van der Waals surface area contributed by atoms with E-state index in [9.17, 15) is 4.79 Å². The standard InChI is InChI=1S/C8H13N3O2/c1-5(4-12)11-8(13)7-2-6(9)3-10-7/h2-3,5,10,12H,4,9H2,1H3,(H,11,13)/t5-/m1/s1. The SMILES string of the molecule is C[C@H](CO)NC(=O)c1cc(N)c[nH]1. The van der Waals surface area contributed by atoms with E-state index in [0.29, 0.717) is 11.4 Å². The molecule has 1 amide bonds. The number of nitrogens with one attached hydrogen (secondary N) is 2. The molecule has 1 rings (SSSR count). The average Bonchev–Trinajstić information content (AvgIpc) is 2.51. The van der Waals surface area contributed by atoms with E-state index in [4.69, 9.17) is 10.8 Å². The monoisotopic (exact) mass is 183 g/mol. The van der Waals surface area contributed by atoms with Gasteiger partial charge in [-0.2, -0.15) is 0 Å². The summed E-state index contributed by atoms with van der Waals surface area (Å²) in [6.07, 6.45) is 1.54. The first-order valence-corrected chi connectivity index (χ1v) is 3.99. The molecule has 1 aromatic heterocycles. The number of carbonyl (C=O) groups is 1. The summed E-state index contributed by atoms with van der Waals surface area (Å²) in [6, 6.07) is 1.29. The molecule has 0 aliphatic heterocycles. The van der Waals surface area contributed by atoms with Crippen LogP contribution < -0.4 is 11.1 Å². The third-order valence-electron chi connectivity index (χ3n) is 1.60. The van der Waals surface area contributed by atoms with Crippen molar-refractivity contribution in [2.24, 2.45) is 0 Å². The Kier molecular flexibility index (Phi) is 2.92. The highest BCUT2D eigenvalue weighted by atomic mass is 16.3. The largest absolute Gasteiger partial charge is 0.397 e. The molecule has 1 heterocycles. The van der Waals surface area contributed by atoms with Crippen molar-refractivity contribution in [3.8, 4) is 0 Å². The van der Waals surface area contributed by atoms with Crippen LogP contribution >= 0.6 is 0 Å². The van der Waals surface area contributed by atoms with Gasteiger partial charge in [0.05, 0.1) is 6.61 Å². The van der Waals surface area contributed by atoms with Crippen molar-refractivity contribution in [3.05, 3.63) is 18.0 Å². The minimum atomic E-state index is -0.266. The third kappa shape index (κ3) is 2.48. The molecule has 72 valence electrons. The maximum absolute atomic E-state index is 11.3. The topological polar surface area (TPSA) is 91.1 Å². The normalized spacial score (nSPS) is 12.5. The molecule has 5 heteroatoms. The maximum Gasteiger partial charge on any atom is 0.268 e. The third-order valence-corrected chi connectivity index (χ3v) is 1.60. The number of nitrogen functional groups attached to an aromatic ring is 1. The highest BCUT2D eigenvalue weighted by Crippen LogP contribution is 2.04. The number of H-pyrrole nitrogens is 1. The molecule has 0 radical (unpaired) electrons. The minimum absolute atomic E-state index is 0.0814. The van der Waals surface area contributed by atoms with E-state index in [-0.39, 0.29) is 18.6 Å². The molecule has 1 atom stereocenters. The molecule has 5 N–H and O–H groups in total. The Bertz CT molecular complexity index is 295. The lowest BCUT2D eigenvalue weighted by atomic mass is 10.3. The van der Waals surface area contributed by atoms with Gasteiger partial charge in [-0.05, 0) is 13.0 Å². The van der Waals surface area contributed by atoms with E-state index in [2.05, 4.69) is 10.3 Å². The molecule has 13 heavy (non-hydrogen) atoms. The molecule has 0 saturated carbocycles. The quantitative estimate of drug-likeness (QED) is 0.519.